The van der Waals surface area contributed by atoms with Gasteiger partial charge in [0.2, 0.25) is 0 Å². The van der Waals surface area contributed by atoms with Crippen LogP contribution < -0.4 is 5.32 Å². The molecule has 2 amide bonds. The van der Waals surface area contributed by atoms with Crippen molar-refractivity contribution >= 4 is 6.03 Å². The Hall–Kier alpha value is -0.770. The molecule has 0 aromatic rings. The zero-order chi connectivity index (χ0) is 9.26. The van der Waals surface area contributed by atoms with Crippen molar-refractivity contribution in [2.75, 3.05) is 33.4 Å². The monoisotopic (exact) mass is 184 g/mol. The van der Waals surface area contributed by atoms with Crippen LogP contribution in [0, 0.1) is 11.8 Å². The van der Waals surface area contributed by atoms with E-state index in [0.717, 1.165) is 26.3 Å². The van der Waals surface area contributed by atoms with Crippen molar-refractivity contribution in [3.63, 3.8) is 0 Å². The molecule has 0 bridgehead atoms. The molecule has 1 unspecified atom stereocenters. The van der Waals surface area contributed by atoms with Gasteiger partial charge in [0.25, 0.3) is 0 Å². The molecule has 0 spiro atoms. The summed E-state index contributed by atoms with van der Waals surface area (Å²) >= 11 is 0. The average Bonchev–Trinajstić information content (AvgIpc) is 2.54. The number of carbonyl (C=O) groups excluding carboxylic acids is 1. The normalized spacial score (nSPS) is 28.7. The number of nitrogens with one attached hydrogen (secondary N) is 1. The third kappa shape index (κ3) is 1.63. The van der Waals surface area contributed by atoms with E-state index in [0.29, 0.717) is 11.8 Å². The lowest BCUT2D eigenvalue weighted by Gasteiger charge is -2.41. The van der Waals surface area contributed by atoms with Crippen LogP contribution in [0.4, 0.5) is 4.79 Å². The predicted octanol–water partition coefficient (Wildman–Crippen LogP) is 0.294. The zero-order valence-electron chi connectivity index (χ0n) is 7.95. The molecule has 1 atom stereocenters. The molecule has 13 heavy (non-hydrogen) atoms. The largest absolute Gasteiger partial charge is 0.381 e. The Morgan fingerprint density at radius 2 is 2.23 bits per heavy atom. The van der Waals surface area contributed by atoms with Crippen molar-refractivity contribution < 1.29 is 9.53 Å². The number of nitrogens with zero attached hydrogens (tertiary/aromatic N) is 1. The van der Waals surface area contributed by atoms with Gasteiger partial charge in [0.05, 0.1) is 0 Å². The minimum absolute atomic E-state index is 0.0511. The Bertz CT molecular complexity index is 196. The lowest BCUT2D eigenvalue weighted by Crippen LogP contribution is -2.55. The van der Waals surface area contributed by atoms with Crippen molar-refractivity contribution in [1.29, 1.82) is 0 Å². The Balaban J connectivity index is 1.74. The average molecular weight is 184 g/mol. The number of likely N-dealkylation sites (tertiary alicyclic amines) is 1. The summed E-state index contributed by atoms with van der Waals surface area (Å²) in [5.41, 5.74) is 0. The van der Waals surface area contributed by atoms with E-state index in [4.69, 9.17) is 4.74 Å². The van der Waals surface area contributed by atoms with E-state index in [1.54, 1.807) is 7.05 Å². The van der Waals surface area contributed by atoms with Gasteiger partial charge in [-0.3, -0.25) is 0 Å². The number of hydrogen-bond donors (Lipinski definition) is 1. The molecule has 2 aliphatic rings. The van der Waals surface area contributed by atoms with E-state index in [2.05, 4.69) is 5.32 Å². The van der Waals surface area contributed by atoms with Crippen LogP contribution in [0.15, 0.2) is 0 Å². The van der Waals surface area contributed by atoms with Crippen LogP contribution in [0.25, 0.3) is 0 Å². The summed E-state index contributed by atoms with van der Waals surface area (Å²) in [4.78, 5) is 13.0. The highest BCUT2D eigenvalue weighted by Gasteiger charge is 2.37. The highest BCUT2D eigenvalue weighted by atomic mass is 16.5. The molecule has 4 heteroatoms. The van der Waals surface area contributed by atoms with Crippen molar-refractivity contribution in [3.05, 3.63) is 0 Å². The maximum Gasteiger partial charge on any atom is 0.317 e. The summed E-state index contributed by atoms with van der Waals surface area (Å²) < 4.78 is 5.32. The first kappa shape index (κ1) is 8.81. The van der Waals surface area contributed by atoms with Crippen LogP contribution in [0.5, 0.6) is 0 Å². The molecule has 1 N–H and O–H groups in total. The van der Waals surface area contributed by atoms with Gasteiger partial charge in [-0.05, 0) is 18.3 Å². The van der Waals surface area contributed by atoms with Crippen molar-refractivity contribution in [2.45, 2.75) is 6.42 Å². The van der Waals surface area contributed by atoms with E-state index >= 15 is 0 Å². The first-order valence-electron chi connectivity index (χ1n) is 4.85. The van der Waals surface area contributed by atoms with Crippen LogP contribution >= 0.6 is 0 Å². The van der Waals surface area contributed by atoms with E-state index in [-0.39, 0.29) is 6.03 Å². The van der Waals surface area contributed by atoms with Gasteiger partial charge in [-0.2, -0.15) is 0 Å². The summed E-state index contributed by atoms with van der Waals surface area (Å²) in [5.74, 6) is 1.38. The molecule has 2 heterocycles. The minimum Gasteiger partial charge on any atom is -0.381 e. The van der Waals surface area contributed by atoms with Crippen LogP contribution in [0.2, 0.25) is 0 Å². The van der Waals surface area contributed by atoms with Gasteiger partial charge in [0.1, 0.15) is 0 Å². The fraction of sp³-hybridized carbons (Fsp3) is 0.889. The molecule has 0 aliphatic carbocycles. The molecule has 0 aromatic heterocycles. The van der Waals surface area contributed by atoms with Gasteiger partial charge in [0, 0.05) is 33.4 Å². The topological polar surface area (TPSA) is 41.6 Å². The van der Waals surface area contributed by atoms with E-state index in [1.165, 1.54) is 6.42 Å². The molecule has 2 saturated heterocycles. The van der Waals surface area contributed by atoms with Crippen molar-refractivity contribution in [2.24, 2.45) is 11.8 Å². The lowest BCUT2D eigenvalue weighted by atomic mass is 9.85. The second-order valence-corrected chi connectivity index (χ2v) is 3.84. The van der Waals surface area contributed by atoms with Crippen LogP contribution in [0.1, 0.15) is 6.42 Å². The Labute approximate surface area is 78.2 Å². The van der Waals surface area contributed by atoms with E-state index in [1.807, 2.05) is 4.90 Å². The summed E-state index contributed by atoms with van der Waals surface area (Å²) in [6, 6.07) is 0.0511. The van der Waals surface area contributed by atoms with Gasteiger partial charge in [-0.25, -0.2) is 4.79 Å². The summed E-state index contributed by atoms with van der Waals surface area (Å²) in [7, 11) is 1.67. The number of hydrogen-bond acceptors (Lipinski definition) is 2. The molecule has 74 valence electrons. The Morgan fingerprint density at radius 1 is 1.46 bits per heavy atom. The maximum absolute atomic E-state index is 11.1. The summed E-state index contributed by atoms with van der Waals surface area (Å²) in [6.07, 6.45) is 1.17. The highest BCUT2D eigenvalue weighted by molar-refractivity contribution is 5.74. The number of urea groups is 1. The molecule has 2 fully saturated rings. The van der Waals surface area contributed by atoms with Crippen molar-refractivity contribution in [1.82, 2.24) is 10.2 Å². The number of carbonyl (C=O) groups is 1. The highest BCUT2D eigenvalue weighted by Crippen LogP contribution is 2.29. The summed E-state index contributed by atoms with van der Waals surface area (Å²) in [5, 5.41) is 2.63. The fourth-order valence-electron chi connectivity index (χ4n) is 2.06. The van der Waals surface area contributed by atoms with Gasteiger partial charge in [0.15, 0.2) is 0 Å². The predicted molar refractivity (Wildman–Crippen MR) is 48.4 cm³/mol. The molecule has 0 saturated carbocycles. The second kappa shape index (κ2) is 3.54. The van der Waals surface area contributed by atoms with Crippen molar-refractivity contribution in [3.8, 4) is 0 Å². The maximum atomic E-state index is 11.1. The molecular formula is C9H16N2O2. The third-order valence-corrected chi connectivity index (χ3v) is 3.04. The van der Waals surface area contributed by atoms with Gasteiger partial charge >= 0.3 is 6.03 Å². The van der Waals surface area contributed by atoms with Gasteiger partial charge in [-0.1, -0.05) is 0 Å². The SMILES string of the molecule is CNC(=O)N1CC(C2CCOC2)C1. The molecule has 0 radical (unpaired) electrons. The molecule has 2 rings (SSSR count). The quantitative estimate of drug-likeness (QED) is 0.636. The minimum atomic E-state index is 0.0511. The lowest BCUT2D eigenvalue weighted by molar-refractivity contribution is 0.0754. The van der Waals surface area contributed by atoms with Crippen LogP contribution in [-0.2, 0) is 4.74 Å². The van der Waals surface area contributed by atoms with Crippen LogP contribution in [0.3, 0.4) is 0 Å². The first-order chi connectivity index (χ1) is 6.31. The number of ether oxygens (including phenoxy) is 1. The standard InChI is InChI=1S/C9H16N2O2/c1-10-9(12)11-4-8(5-11)7-2-3-13-6-7/h7-8H,2-6H2,1H3,(H,10,12). The Kier molecular flexibility index (Phi) is 2.40. The Morgan fingerprint density at radius 3 is 2.77 bits per heavy atom. The molecule has 0 aromatic carbocycles. The second-order valence-electron chi connectivity index (χ2n) is 3.84. The van der Waals surface area contributed by atoms with Gasteiger partial charge in [-0.15, -0.1) is 0 Å². The molecule has 2 aliphatic heterocycles. The third-order valence-electron chi connectivity index (χ3n) is 3.04. The molecule has 4 nitrogen and oxygen atoms in total. The smallest absolute Gasteiger partial charge is 0.317 e. The fourth-order valence-corrected chi connectivity index (χ4v) is 2.06. The zero-order valence-corrected chi connectivity index (χ0v) is 7.95. The molecular weight excluding hydrogens is 168 g/mol. The van der Waals surface area contributed by atoms with E-state index < -0.39 is 0 Å². The first-order valence-corrected chi connectivity index (χ1v) is 4.85. The summed E-state index contributed by atoms with van der Waals surface area (Å²) in [6.45, 7) is 3.62. The number of amides is 2. The van der Waals surface area contributed by atoms with Gasteiger partial charge < -0.3 is 15.0 Å². The number of rotatable bonds is 1. The van der Waals surface area contributed by atoms with E-state index in [9.17, 15) is 4.79 Å². The van der Waals surface area contributed by atoms with Crippen LogP contribution in [-0.4, -0.2) is 44.3 Å².